The van der Waals surface area contributed by atoms with Gasteiger partial charge in [0.05, 0.1) is 21.6 Å². The molecule has 1 fully saturated rings. The van der Waals surface area contributed by atoms with Gasteiger partial charge in [-0.2, -0.15) is 0 Å². The van der Waals surface area contributed by atoms with Gasteiger partial charge >= 0.3 is 7.12 Å². The molecule has 4 rings (SSSR count). The Hall–Kier alpha value is -1.72. The summed E-state index contributed by atoms with van der Waals surface area (Å²) in [6, 6.07) is 6.80. The first kappa shape index (κ1) is 22.5. The van der Waals surface area contributed by atoms with E-state index >= 15 is 0 Å². The third-order valence-electron chi connectivity index (χ3n) is 5.94. The fourth-order valence-corrected chi connectivity index (χ4v) is 5.61. The average Bonchev–Trinajstić information content (AvgIpc) is 3.29. The predicted molar refractivity (Wildman–Crippen MR) is 126 cm³/mol. The smallest absolute Gasteiger partial charge is 0.399 e. The maximum Gasteiger partial charge on any atom is 0.505 e. The minimum Gasteiger partial charge on any atom is -0.399 e. The molecule has 1 aliphatic heterocycles. The van der Waals surface area contributed by atoms with Gasteiger partial charge in [-0.05, 0) is 70.4 Å². The highest BCUT2D eigenvalue weighted by atomic mass is 32.1. The molecule has 0 saturated carbocycles. The van der Waals surface area contributed by atoms with Crippen LogP contribution in [0.2, 0.25) is 0 Å². The summed E-state index contributed by atoms with van der Waals surface area (Å²) in [6.07, 6.45) is 2.56. The lowest BCUT2D eigenvalue weighted by Gasteiger charge is -2.32. The van der Waals surface area contributed by atoms with E-state index in [9.17, 15) is 8.78 Å². The van der Waals surface area contributed by atoms with Crippen molar-refractivity contribution in [1.82, 2.24) is 0 Å². The quantitative estimate of drug-likeness (QED) is 0.338. The van der Waals surface area contributed by atoms with E-state index in [1.807, 2.05) is 33.8 Å². The van der Waals surface area contributed by atoms with Gasteiger partial charge in [0.2, 0.25) is 0 Å². The van der Waals surface area contributed by atoms with Gasteiger partial charge in [0.15, 0.2) is 0 Å². The van der Waals surface area contributed by atoms with Crippen molar-refractivity contribution in [3.63, 3.8) is 0 Å². The van der Waals surface area contributed by atoms with Gasteiger partial charge < -0.3 is 9.31 Å². The lowest BCUT2D eigenvalue weighted by molar-refractivity contribution is 0.00578. The largest absolute Gasteiger partial charge is 0.505 e. The second-order valence-corrected chi connectivity index (χ2v) is 11.1. The molecule has 2 aromatic heterocycles. The fraction of sp³-hybridized carbons (Fsp3) is 0.417. The molecule has 1 saturated heterocycles. The number of fused-ring (bicyclic) bond motifs is 1. The van der Waals surface area contributed by atoms with Crippen molar-refractivity contribution >= 4 is 44.0 Å². The maximum absolute atomic E-state index is 14.4. The highest BCUT2D eigenvalue weighted by Gasteiger charge is 2.52. The Kier molecular flexibility index (Phi) is 6.04. The summed E-state index contributed by atoms with van der Waals surface area (Å²) in [5.74, 6) is 4.42. The SMILES string of the molecule is CCCCc1cc(F)c(C#Cc2cc3sc(B4OC(C)(C)C(C)(C)O4)cc3s2)c(F)c1. The Morgan fingerprint density at radius 1 is 0.903 bits per heavy atom. The topological polar surface area (TPSA) is 18.5 Å². The second kappa shape index (κ2) is 8.33. The molecule has 1 aliphatic rings. The third kappa shape index (κ3) is 4.45. The minimum atomic E-state index is -0.597. The number of benzene rings is 1. The van der Waals surface area contributed by atoms with Crippen LogP contribution in [-0.4, -0.2) is 18.3 Å². The standard InChI is InChI=1S/C24H25BF2O2S2/c1-6-7-8-15-11-18(26)17(19(27)12-15)10-9-16-13-20-21(30-16)14-22(31-20)25-28-23(2,3)24(4,5)29-25/h11-14H,6-8H2,1-5H3. The molecular formula is C24H25BF2O2S2. The van der Waals surface area contributed by atoms with E-state index in [0.717, 1.165) is 31.9 Å². The van der Waals surface area contributed by atoms with Gasteiger partial charge in [-0.3, -0.25) is 0 Å². The van der Waals surface area contributed by atoms with Crippen molar-refractivity contribution in [2.24, 2.45) is 0 Å². The van der Waals surface area contributed by atoms with Gasteiger partial charge in [0.25, 0.3) is 0 Å². The molecule has 0 atom stereocenters. The molecule has 0 bridgehead atoms. The average molecular weight is 458 g/mol. The van der Waals surface area contributed by atoms with Crippen molar-refractivity contribution < 1.29 is 18.1 Å². The molecule has 0 amide bonds. The van der Waals surface area contributed by atoms with Gasteiger partial charge in [-0.15, -0.1) is 22.7 Å². The summed E-state index contributed by atoms with van der Waals surface area (Å²) in [6.45, 7) is 10.2. The van der Waals surface area contributed by atoms with Gasteiger partial charge in [0, 0.05) is 14.2 Å². The fourth-order valence-electron chi connectivity index (χ4n) is 3.39. The van der Waals surface area contributed by atoms with Crippen molar-refractivity contribution in [2.45, 2.75) is 65.1 Å². The van der Waals surface area contributed by atoms with Gasteiger partial charge in [-0.25, -0.2) is 8.78 Å². The van der Waals surface area contributed by atoms with Crippen LogP contribution in [-0.2, 0) is 15.7 Å². The molecule has 162 valence electrons. The zero-order valence-electron chi connectivity index (χ0n) is 18.4. The van der Waals surface area contributed by atoms with Crippen molar-refractivity contribution in [2.75, 3.05) is 0 Å². The number of unbranched alkanes of at least 4 members (excludes halogenated alkanes) is 1. The monoisotopic (exact) mass is 458 g/mol. The molecule has 7 heteroatoms. The minimum absolute atomic E-state index is 0.171. The lowest BCUT2D eigenvalue weighted by Crippen LogP contribution is -2.41. The Morgan fingerprint density at radius 3 is 2.10 bits per heavy atom. The number of hydrogen-bond donors (Lipinski definition) is 0. The van der Waals surface area contributed by atoms with Crippen LogP contribution in [0.5, 0.6) is 0 Å². The van der Waals surface area contributed by atoms with Gasteiger partial charge in [-0.1, -0.05) is 25.2 Å². The van der Waals surface area contributed by atoms with E-state index in [-0.39, 0.29) is 16.8 Å². The van der Waals surface area contributed by atoms with E-state index in [1.165, 1.54) is 23.5 Å². The molecule has 1 aromatic carbocycles. The summed E-state index contributed by atoms with van der Waals surface area (Å²) < 4.78 is 44.1. The van der Waals surface area contributed by atoms with Crippen LogP contribution in [0.4, 0.5) is 8.78 Å². The first-order valence-corrected chi connectivity index (χ1v) is 12.1. The Morgan fingerprint density at radius 2 is 1.52 bits per heavy atom. The highest BCUT2D eigenvalue weighted by molar-refractivity contribution is 7.33. The first-order valence-electron chi connectivity index (χ1n) is 10.5. The molecule has 3 heterocycles. The normalized spacial score (nSPS) is 17.2. The maximum atomic E-state index is 14.4. The highest BCUT2D eigenvalue weighted by Crippen LogP contribution is 2.38. The summed E-state index contributed by atoms with van der Waals surface area (Å²) in [7, 11) is -0.390. The van der Waals surface area contributed by atoms with E-state index in [0.29, 0.717) is 12.0 Å². The first-order chi connectivity index (χ1) is 14.6. The lowest BCUT2D eigenvalue weighted by atomic mass is 9.88. The third-order valence-corrected chi connectivity index (χ3v) is 8.17. The van der Waals surface area contributed by atoms with Crippen molar-refractivity contribution in [3.8, 4) is 11.8 Å². The van der Waals surface area contributed by atoms with Crippen LogP contribution >= 0.6 is 22.7 Å². The summed E-state index contributed by atoms with van der Waals surface area (Å²) in [5.41, 5.74) is -0.262. The van der Waals surface area contributed by atoms with E-state index in [1.54, 1.807) is 11.3 Å². The molecular weight excluding hydrogens is 433 g/mol. The van der Waals surface area contributed by atoms with Crippen LogP contribution < -0.4 is 4.78 Å². The molecule has 0 unspecified atom stereocenters. The number of rotatable bonds is 4. The molecule has 0 N–H and O–H groups in total. The van der Waals surface area contributed by atoms with E-state index in [2.05, 4.69) is 24.8 Å². The molecule has 0 aliphatic carbocycles. The molecule has 2 nitrogen and oxygen atoms in total. The number of hydrogen-bond acceptors (Lipinski definition) is 4. The van der Waals surface area contributed by atoms with Crippen molar-refractivity contribution in [1.29, 1.82) is 0 Å². The second-order valence-electron chi connectivity index (χ2n) is 8.86. The molecule has 0 spiro atoms. The van der Waals surface area contributed by atoms with E-state index in [4.69, 9.17) is 9.31 Å². The summed E-state index contributed by atoms with van der Waals surface area (Å²) >= 11 is 3.10. The molecule has 31 heavy (non-hydrogen) atoms. The molecule has 3 aromatic rings. The van der Waals surface area contributed by atoms with Crippen LogP contribution in [0.25, 0.3) is 9.40 Å². The van der Waals surface area contributed by atoms with Crippen LogP contribution in [0.15, 0.2) is 24.3 Å². The Balaban J connectivity index is 1.55. The van der Waals surface area contributed by atoms with Crippen molar-refractivity contribution in [3.05, 3.63) is 51.9 Å². The predicted octanol–water partition coefficient (Wildman–Crippen LogP) is 6.28. The summed E-state index contributed by atoms with van der Waals surface area (Å²) in [4.78, 5) is 0.774. The number of halogens is 2. The zero-order chi connectivity index (χ0) is 22.4. The van der Waals surface area contributed by atoms with E-state index < -0.39 is 18.8 Å². The molecule has 0 radical (unpaired) electrons. The summed E-state index contributed by atoms with van der Waals surface area (Å²) in [5, 5.41) is 0. The number of aryl methyl sites for hydroxylation is 1. The number of thiophene rings is 2. The Labute approximate surface area is 190 Å². The Bertz CT molecular complexity index is 1110. The van der Waals surface area contributed by atoms with Crippen LogP contribution in [0.1, 0.15) is 63.5 Å². The van der Waals surface area contributed by atoms with Crippen LogP contribution in [0, 0.1) is 23.5 Å². The van der Waals surface area contributed by atoms with Crippen LogP contribution in [0.3, 0.4) is 0 Å². The van der Waals surface area contributed by atoms with Gasteiger partial charge in [0.1, 0.15) is 11.6 Å². The zero-order valence-corrected chi connectivity index (χ0v) is 20.0.